The van der Waals surface area contributed by atoms with Crippen LogP contribution >= 0.6 is 0 Å². The lowest BCUT2D eigenvalue weighted by molar-refractivity contribution is -0.122. The number of hydrogen-bond acceptors (Lipinski definition) is 5. The highest BCUT2D eigenvalue weighted by Gasteiger charge is 2.28. The van der Waals surface area contributed by atoms with Gasteiger partial charge in [0.25, 0.3) is 0 Å². The third kappa shape index (κ3) is 6.12. The van der Waals surface area contributed by atoms with Crippen molar-refractivity contribution in [3.05, 3.63) is 90.0 Å². The molecule has 3 aromatic rings. The largest absolute Gasteiger partial charge is 0.497 e. The molecule has 8 heteroatoms. The van der Waals surface area contributed by atoms with E-state index in [0.29, 0.717) is 11.5 Å². The molecule has 0 aromatic heterocycles. The maximum atomic E-state index is 13.4. The van der Waals surface area contributed by atoms with Gasteiger partial charge in [-0.15, -0.1) is 0 Å². The Kier molecular flexibility index (Phi) is 8.08. The van der Waals surface area contributed by atoms with Crippen molar-refractivity contribution in [2.75, 3.05) is 20.8 Å². The maximum absolute atomic E-state index is 13.4. The van der Waals surface area contributed by atoms with Gasteiger partial charge in [0.2, 0.25) is 15.9 Å². The Bertz CT molecular complexity index is 1160. The van der Waals surface area contributed by atoms with Crippen LogP contribution in [-0.2, 0) is 21.4 Å². The second-order valence-electron chi connectivity index (χ2n) is 7.47. The maximum Gasteiger partial charge on any atom is 0.243 e. The Morgan fingerprint density at radius 3 is 2.18 bits per heavy atom. The first-order chi connectivity index (χ1) is 15.8. The van der Waals surface area contributed by atoms with Crippen molar-refractivity contribution < 1.29 is 22.7 Å². The van der Waals surface area contributed by atoms with Gasteiger partial charge in [0.1, 0.15) is 11.5 Å². The van der Waals surface area contributed by atoms with Crippen LogP contribution in [0.15, 0.2) is 83.8 Å². The normalized spacial score (nSPS) is 12.2. The number of nitrogens with zero attached hydrogens (tertiary/aromatic N) is 1. The standard InChI is InChI=1S/C25H28N2O5S/c1-19(23-11-7-8-12-24(23)32-3)26-25(28)18-27(17-20-9-5-4-6-10-20)33(29,30)22-15-13-21(31-2)14-16-22/h4-16,19H,17-18H2,1-3H3,(H,26,28). The van der Waals surface area contributed by atoms with Gasteiger partial charge in [-0.1, -0.05) is 48.5 Å². The zero-order chi connectivity index (χ0) is 23.8. The highest BCUT2D eigenvalue weighted by molar-refractivity contribution is 7.89. The second-order valence-corrected chi connectivity index (χ2v) is 9.40. The summed E-state index contributed by atoms with van der Waals surface area (Å²) in [5.41, 5.74) is 1.58. The summed E-state index contributed by atoms with van der Waals surface area (Å²) in [7, 11) is -0.862. The van der Waals surface area contributed by atoms with Crippen LogP contribution in [0.2, 0.25) is 0 Å². The van der Waals surface area contributed by atoms with Crippen molar-refractivity contribution in [2.45, 2.75) is 24.4 Å². The molecule has 0 aliphatic rings. The molecule has 33 heavy (non-hydrogen) atoms. The van der Waals surface area contributed by atoms with Crippen LogP contribution in [0.25, 0.3) is 0 Å². The molecule has 3 aromatic carbocycles. The molecule has 0 bridgehead atoms. The molecule has 7 nitrogen and oxygen atoms in total. The topological polar surface area (TPSA) is 84.9 Å². The molecular formula is C25H28N2O5S. The minimum atomic E-state index is -3.94. The lowest BCUT2D eigenvalue weighted by Crippen LogP contribution is -2.41. The average molecular weight is 469 g/mol. The van der Waals surface area contributed by atoms with Crippen molar-refractivity contribution >= 4 is 15.9 Å². The SMILES string of the molecule is COc1ccc(S(=O)(=O)N(CC(=O)NC(C)c2ccccc2OC)Cc2ccccc2)cc1. The summed E-state index contributed by atoms with van der Waals surface area (Å²) >= 11 is 0. The van der Waals surface area contributed by atoms with Gasteiger partial charge < -0.3 is 14.8 Å². The molecule has 0 aliphatic heterocycles. The van der Waals surface area contributed by atoms with E-state index in [9.17, 15) is 13.2 Å². The summed E-state index contributed by atoms with van der Waals surface area (Å²) < 4.78 is 38.5. The van der Waals surface area contributed by atoms with E-state index < -0.39 is 15.9 Å². The fourth-order valence-corrected chi connectivity index (χ4v) is 4.84. The number of amides is 1. The van der Waals surface area contributed by atoms with Crippen LogP contribution in [0.5, 0.6) is 11.5 Å². The number of ether oxygens (including phenoxy) is 2. The minimum absolute atomic E-state index is 0.0612. The molecule has 0 spiro atoms. The van der Waals surface area contributed by atoms with E-state index in [0.717, 1.165) is 11.1 Å². The van der Waals surface area contributed by atoms with Gasteiger partial charge in [-0.2, -0.15) is 4.31 Å². The summed E-state index contributed by atoms with van der Waals surface area (Å²) in [6.45, 7) is 1.56. The minimum Gasteiger partial charge on any atom is -0.497 e. The third-order valence-electron chi connectivity index (χ3n) is 5.20. The average Bonchev–Trinajstić information content (AvgIpc) is 2.84. The molecule has 3 rings (SSSR count). The quantitative estimate of drug-likeness (QED) is 0.490. The Hall–Kier alpha value is -3.36. The van der Waals surface area contributed by atoms with Crippen LogP contribution in [0.1, 0.15) is 24.1 Å². The fraction of sp³-hybridized carbons (Fsp3) is 0.240. The van der Waals surface area contributed by atoms with Crippen molar-refractivity contribution in [1.82, 2.24) is 9.62 Å². The van der Waals surface area contributed by atoms with Gasteiger partial charge >= 0.3 is 0 Å². The molecule has 1 N–H and O–H groups in total. The van der Waals surface area contributed by atoms with Crippen LogP contribution < -0.4 is 14.8 Å². The van der Waals surface area contributed by atoms with Crippen molar-refractivity contribution in [3.8, 4) is 11.5 Å². The molecule has 174 valence electrons. The summed E-state index contributed by atoms with van der Waals surface area (Å²) in [5, 5.41) is 2.88. The van der Waals surface area contributed by atoms with E-state index in [1.54, 1.807) is 19.2 Å². The van der Waals surface area contributed by atoms with E-state index in [1.165, 1.54) is 23.5 Å². The summed E-state index contributed by atoms with van der Waals surface area (Å²) in [6, 6.07) is 22.3. The molecule has 0 saturated carbocycles. The molecule has 0 heterocycles. The van der Waals surface area contributed by atoms with Crippen LogP contribution in [0.3, 0.4) is 0 Å². The van der Waals surface area contributed by atoms with E-state index in [4.69, 9.17) is 9.47 Å². The molecule has 1 amide bonds. The Labute approximate surface area is 195 Å². The number of carbonyl (C=O) groups is 1. The molecule has 1 unspecified atom stereocenters. The highest BCUT2D eigenvalue weighted by Crippen LogP contribution is 2.25. The van der Waals surface area contributed by atoms with E-state index in [2.05, 4.69) is 5.32 Å². The zero-order valence-electron chi connectivity index (χ0n) is 18.9. The first kappa shape index (κ1) is 24.3. The van der Waals surface area contributed by atoms with Crippen LogP contribution in [0.4, 0.5) is 0 Å². The summed E-state index contributed by atoms with van der Waals surface area (Å²) in [5.74, 6) is 0.783. The highest BCUT2D eigenvalue weighted by atomic mass is 32.2. The van der Waals surface area contributed by atoms with Crippen molar-refractivity contribution in [2.24, 2.45) is 0 Å². The predicted molar refractivity (Wildman–Crippen MR) is 127 cm³/mol. The number of para-hydroxylation sites is 1. The lowest BCUT2D eigenvalue weighted by Gasteiger charge is -2.24. The molecule has 0 aliphatic carbocycles. The third-order valence-corrected chi connectivity index (χ3v) is 7.01. The summed E-state index contributed by atoms with van der Waals surface area (Å²) in [6.07, 6.45) is 0. The van der Waals surface area contributed by atoms with Crippen LogP contribution in [0, 0.1) is 0 Å². The molecular weight excluding hydrogens is 440 g/mol. The van der Waals surface area contributed by atoms with Crippen molar-refractivity contribution in [3.63, 3.8) is 0 Å². The Balaban J connectivity index is 1.83. The van der Waals surface area contributed by atoms with Gasteiger partial charge in [-0.05, 0) is 42.8 Å². The van der Waals surface area contributed by atoms with E-state index >= 15 is 0 Å². The van der Waals surface area contributed by atoms with Crippen LogP contribution in [-0.4, -0.2) is 39.4 Å². The number of benzene rings is 3. The lowest BCUT2D eigenvalue weighted by atomic mass is 10.1. The zero-order valence-corrected chi connectivity index (χ0v) is 19.7. The molecule has 0 radical (unpaired) electrons. The number of nitrogens with one attached hydrogen (secondary N) is 1. The Morgan fingerprint density at radius 1 is 0.909 bits per heavy atom. The first-order valence-corrected chi connectivity index (χ1v) is 11.9. The molecule has 0 saturated heterocycles. The van der Waals surface area contributed by atoms with E-state index in [1.807, 2.05) is 61.5 Å². The number of rotatable bonds is 10. The molecule has 1 atom stereocenters. The number of sulfonamides is 1. The molecule has 0 fully saturated rings. The first-order valence-electron chi connectivity index (χ1n) is 10.5. The van der Waals surface area contributed by atoms with Gasteiger partial charge in [-0.3, -0.25) is 4.79 Å². The smallest absolute Gasteiger partial charge is 0.243 e. The number of methoxy groups -OCH3 is 2. The number of carbonyl (C=O) groups excluding carboxylic acids is 1. The second kappa shape index (κ2) is 11.0. The van der Waals surface area contributed by atoms with Gasteiger partial charge in [0.05, 0.1) is 31.7 Å². The van der Waals surface area contributed by atoms with E-state index in [-0.39, 0.29) is 24.0 Å². The van der Waals surface area contributed by atoms with Gasteiger partial charge in [-0.25, -0.2) is 8.42 Å². The van der Waals surface area contributed by atoms with Gasteiger partial charge in [0, 0.05) is 12.1 Å². The Morgan fingerprint density at radius 2 is 1.55 bits per heavy atom. The monoisotopic (exact) mass is 468 g/mol. The van der Waals surface area contributed by atoms with Gasteiger partial charge in [0.15, 0.2) is 0 Å². The van der Waals surface area contributed by atoms with Crippen molar-refractivity contribution in [1.29, 1.82) is 0 Å². The number of hydrogen-bond donors (Lipinski definition) is 1. The summed E-state index contributed by atoms with van der Waals surface area (Å²) in [4.78, 5) is 13.0. The predicted octanol–water partition coefficient (Wildman–Crippen LogP) is 3.77. The fourth-order valence-electron chi connectivity index (χ4n) is 3.46.